The van der Waals surface area contributed by atoms with Crippen molar-refractivity contribution in [2.24, 2.45) is 29.6 Å². The maximum atomic E-state index is 13.7. The Bertz CT molecular complexity index is 1350. The minimum absolute atomic E-state index is 0.00155. The third-order valence-electron chi connectivity index (χ3n) is 8.94. The number of rotatable bonds is 10. The molecule has 2 aliphatic carbocycles. The van der Waals surface area contributed by atoms with Crippen molar-refractivity contribution in [3.05, 3.63) is 35.4 Å². The Kier molecular flexibility index (Phi) is 7.58. The number of phenols is 1. The molecule has 0 bridgehead atoms. The zero-order valence-electron chi connectivity index (χ0n) is 22.5. The Hall–Kier alpha value is -4.22. The van der Waals surface area contributed by atoms with Gasteiger partial charge in [-0.1, -0.05) is 17.7 Å². The maximum Gasteiger partial charge on any atom is 0.303 e. The Morgan fingerprint density at radius 1 is 0.854 bits per heavy atom. The summed E-state index contributed by atoms with van der Waals surface area (Å²) in [7, 11) is 1.39. The van der Waals surface area contributed by atoms with Gasteiger partial charge in [0.2, 0.25) is 23.6 Å². The van der Waals surface area contributed by atoms with Crippen molar-refractivity contribution in [3.63, 3.8) is 0 Å². The van der Waals surface area contributed by atoms with E-state index in [4.69, 9.17) is 14.9 Å². The number of carbonyl (C=O) groups excluding carboxylic acids is 4. The molecule has 12 heteroatoms. The molecule has 3 N–H and O–H groups in total. The van der Waals surface area contributed by atoms with Crippen molar-refractivity contribution in [2.45, 2.75) is 44.4 Å². The van der Waals surface area contributed by atoms with Crippen LogP contribution in [0.1, 0.15) is 50.0 Å². The number of hydrogen-bond acceptors (Lipinski definition) is 8. The number of allylic oxidation sites excluding steroid dienone is 2. The van der Waals surface area contributed by atoms with Gasteiger partial charge < -0.3 is 20.1 Å². The van der Waals surface area contributed by atoms with Crippen LogP contribution in [-0.2, 0) is 28.8 Å². The molecule has 5 rings (SSSR count). The second kappa shape index (κ2) is 11.0. The Morgan fingerprint density at radius 3 is 2.02 bits per heavy atom. The highest BCUT2D eigenvalue weighted by atomic mass is 16.5. The predicted octanol–water partition coefficient (Wildman–Crippen LogP) is 1.77. The van der Waals surface area contributed by atoms with E-state index in [0.717, 1.165) is 15.4 Å². The van der Waals surface area contributed by atoms with E-state index in [2.05, 4.69) is 0 Å². The molecule has 2 heterocycles. The van der Waals surface area contributed by atoms with Crippen molar-refractivity contribution < 1.29 is 48.8 Å². The Balaban J connectivity index is 1.52. The Morgan fingerprint density at radius 2 is 1.44 bits per heavy atom. The largest absolute Gasteiger partial charge is 0.504 e. The third-order valence-corrected chi connectivity index (χ3v) is 8.94. The van der Waals surface area contributed by atoms with Gasteiger partial charge in [-0.3, -0.25) is 38.6 Å². The summed E-state index contributed by atoms with van der Waals surface area (Å²) < 4.78 is 5.30. The fourth-order valence-electron chi connectivity index (χ4n) is 7.20. The molecule has 3 fully saturated rings. The number of benzene rings is 1. The summed E-state index contributed by atoms with van der Waals surface area (Å²) in [4.78, 5) is 78.6. The van der Waals surface area contributed by atoms with Crippen LogP contribution in [0.3, 0.4) is 0 Å². The number of amides is 4. The summed E-state index contributed by atoms with van der Waals surface area (Å²) in [6.45, 7) is -0.0362. The smallest absolute Gasteiger partial charge is 0.303 e. The van der Waals surface area contributed by atoms with Crippen LogP contribution in [0, 0.1) is 29.6 Å². The van der Waals surface area contributed by atoms with Crippen LogP contribution in [0.4, 0.5) is 0 Å². The summed E-state index contributed by atoms with van der Waals surface area (Å²) in [6.07, 6.45) is 2.21. The molecule has 0 aromatic heterocycles. The average Bonchev–Trinajstić information content (AvgIpc) is 3.32. The molecular formula is C29H32N2O10. The number of hydrogen-bond donors (Lipinski definition) is 3. The highest BCUT2D eigenvalue weighted by Crippen LogP contribution is 2.58. The molecule has 0 unspecified atom stereocenters. The van der Waals surface area contributed by atoms with Crippen LogP contribution in [0.2, 0.25) is 0 Å². The predicted molar refractivity (Wildman–Crippen MR) is 139 cm³/mol. The maximum absolute atomic E-state index is 13.7. The first-order chi connectivity index (χ1) is 19.5. The molecule has 41 heavy (non-hydrogen) atoms. The Labute approximate surface area is 235 Å². The van der Waals surface area contributed by atoms with Crippen LogP contribution >= 0.6 is 0 Å². The molecule has 2 saturated heterocycles. The van der Waals surface area contributed by atoms with Gasteiger partial charge in [0.05, 0.1) is 30.8 Å². The molecule has 4 aliphatic rings. The van der Waals surface area contributed by atoms with E-state index in [1.54, 1.807) is 12.1 Å². The number of fused-ring (bicyclic) bond motifs is 4. The lowest BCUT2D eigenvalue weighted by Gasteiger charge is -2.44. The number of ether oxygens (including phenoxy) is 1. The van der Waals surface area contributed by atoms with Crippen LogP contribution in [0.5, 0.6) is 11.5 Å². The number of imide groups is 2. The second-order valence-electron chi connectivity index (χ2n) is 11.1. The van der Waals surface area contributed by atoms with Crippen LogP contribution in [0.25, 0.3) is 0 Å². The van der Waals surface area contributed by atoms with Gasteiger partial charge in [0.1, 0.15) is 0 Å². The first-order valence-corrected chi connectivity index (χ1v) is 13.8. The molecule has 1 aromatic rings. The van der Waals surface area contributed by atoms with E-state index in [9.17, 15) is 33.9 Å². The minimum atomic E-state index is -1.03. The first-order valence-electron chi connectivity index (χ1n) is 13.8. The number of methoxy groups -OCH3 is 1. The van der Waals surface area contributed by atoms with E-state index >= 15 is 0 Å². The van der Waals surface area contributed by atoms with Crippen LogP contribution < -0.4 is 4.74 Å². The van der Waals surface area contributed by atoms with Gasteiger partial charge in [-0.2, -0.15) is 0 Å². The number of carbonyl (C=O) groups is 6. The number of carboxylic acids is 2. The fourth-order valence-corrected chi connectivity index (χ4v) is 7.20. The summed E-state index contributed by atoms with van der Waals surface area (Å²) in [5.74, 6) is -7.61. The molecule has 2 aliphatic heterocycles. The molecular weight excluding hydrogens is 536 g/mol. The van der Waals surface area contributed by atoms with Crippen molar-refractivity contribution in [1.82, 2.24) is 9.80 Å². The van der Waals surface area contributed by atoms with Crippen molar-refractivity contribution in [3.8, 4) is 11.5 Å². The van der Waals surface area contributed by atoms with Gasteiger partial charge in [-0.25, -0.2) is 0 Å². The van der Waals surface area contributed by atoms with Crippen LogP contribution in [-0.4, -0.2) is 80.9 Å². The van der Waals surface area contributed by atoms with Crippen molar-refractivity contribution in [2.75, 3.05) is 20.2 Å². The fraction of sp³-hybridized carbons (Fsp3) is 0.517. The summed E-state index contributed by atoms with van der Waals surface area (Å²) in [6, 6.07) is 4.70. The number of carboxylic acid groups (broad SMARTS) is 2. The number of aromatic hydroxyl groups is 1. The second-order valence-corrected chi connectivity index (χ2v) is 11.1. The quantitative estimate of drug-likeness (QED) is 0.278. The highest BCUT2D eigenvalue weighted by molar-refractivity contribution is 6.08. The van der Waals surface area contributed by atoms with E-state index in [1.807, 2.05) is 6.08 Å². The van der Waals surface area contributed by atoms with Gasteiger partial charge in [-0.05, 0) is 49.3 Å². The number of phenolic OH excluding ortho intramolecular Hbond substituents is 1. The average molecular weight is 569 g/mol. The van der Waals surface area contributed by atoms with Gasteiger partial charge in [0.25, 0.3) is 0 Å². The lowest BCUT2D eigenvalue weighted by atomic mass is 9.57. The van der Waals surface area contributed by atoms with Gasteiger partial charge in [0.15, 0.2) is 11.5 Å². The van der Waals surface area contributed by atoms with E-state index < -0.39 is 65.2 Å². The standard InChI is InChI=1S/C29H32N2O10/c1-41-20-12-14(6-9-19(20)32)23-15-7-8-16-24(28(39)30(26(16)37)10-2-4-21(33)34)17(15)13-18-25(23)29(40)31(27(18)38)11-3-5-22(35)36/h6-7,9,12,16-18,23-25,32H,2-5,8,10-11,13H2,1H3,(H,33,34)(H,35,36)/t16-,17+,18+,23-,24-,25+/m0/s1. The van der Waals surface area contributed by atoms with E-state index in [-0.39, 0.29) is 69.0 Å². The zero-order chi connectivity index (χ0) is 29.6. The minimum Gasteiger partial charge on any atom is -0.504 e. The number of likely N-dealkylation sites (tertiary alicyclic amines) is 2. The zero-order valence-corrected chi connectivity index (χ0v) is 22.5. The SMILES string of the molecule is COc1cc([C@H]2C3=CC[C@@H]4C(=O)N(CCCC(=O)O)C(=O)[C@@H]4[C@@H]3C[C@H]3C(=O)N(CCCC(=O)O)C(=O)[C@@H]23)ccc1O. The van der Waals surface area contributed by atoms with Gasteiger partial charge in [-0.15, -0.1) is 0 Å². The van der Waals surface area contributed by atoms with Crippen molar-refractivity contribution >= 4 is 35.6 Å². The monoisotopic (exact) mass is 568 g/mol. The topological polar surface area (TPSA) is 179 Å². The molecule has 0 radical (unpaired) electrons. The molecule has 12 nitrogen and oxygen atoms in total. The van der Waals surface area contributed by atoms with Gasteiger partial charge in [0, 0.05) is 31.8 Å². The molecule has 1 saturated carbocycles. The summed E-state index contributed by atoms with van der Waals surface area (Å²) in [5.41, 5.74) is 1.40. The molecule has 0 spiro atoms. The molecule has 218 valence electrons. The van der Waals surface area contributed by atoms with E-state index in [0.29, 0.717) is 5.56 Å². The first kappa shape index (κ1) is 28.3. The number of nitrogens with zero attached hydrogens (tertiary/aromatic N) is 2. The van der Waals surface area contributed by atoms with Crippen molar-refractivity contribution in [1.29, 1.82) is 0 Å². The molecule has 6 atom stereocenters. The highest BCUT2D eigenvalue weighted by Gasteiger charge is 2.61. The summed E-state index contributed by atoms with van der Waals surface area (Å²) in [5, 5.41) is 28.2. The normalized spacial score (nSPS) is 28.8. The lowest BCUT2D eigenvalue weighted by molar-refractivity contribution is -0.143. The lowest BCUT2D eigenvalue weighted by Crippen LogP contribution is -2.43. The van der Waals surface area contributed by atoms with Crippen LogP contribution in [0.15, 0.2) is 29.8 Å². The van der Waals surface area contributed by atoms with Gasteiger partial charge >= 0.3 is 11.9 Å². The third kappa shape index (κ3) is 4.85. The summed E-state index contributed by atoms with van der Waals surface area (Å²) >= 11 is 0. The van der Waals surface area contributed by atoms with E-state index in [1.165, 1.54) is 13.2 Å². The molecule has 1 aromatic carbocycles. The molecule has 4 amide bonds. The number of aliphatic carboxylic acids is 2.